The van der Waals surface area contributed by atoms with Crippen LogP contribution in [0.5, 0.6) is 0 Å². The second kappa shape index (κ2) is 24.7. The highest BCUT2D eigenvalue weighted by atomic mass is 32.1. The van der Waals surface area contributed by atoms with Gasteiger partial charge in [0.2, 0.25) is 0 Å². The van der Waals surface area contributed by atoms with Gasteiger partial charge in [-0.1, -0.05) is 221 Å². The van der Waals surface area contributed by atoms with E-state index in [4.69, 9.17) is 24.4 Å². The number of hydrogen-bond donors (Lipinski definition) is 2. The number of allylic oxidation sites excluding steroid dienone is 1. The molecule has 7 nitrogen and oxygen atoms in total. The maximum atomic E-state index is 7.18. The molecule has 0 amide bonds. The molecule has 7 aromatic carbocycles. The number of aromatic nitrogens is 6. The zero-order valence-electron chi connectivity index (χ0n) is 55.9. The SMILES string of the molecule is Cc1ccc(-c2c3nc(c(-c4ccc(C)cc4)c4ccc([nH]4)c(-c4ccc(C)cc4)c4nc(c(-c5ccc(C)cc5)c5ccc2[nH]5)C=C4C#Cc2c4nc(c(-c5ccc(C)cc5)c5ccc(o5)c(-c5ccc(C)cc5)c5nc(c(-c6ccc(C)cc6)c6ccc2s6)C=C5)C=C4)C=C3)cc1. The number of hydrogen-bond acceptors (Lipinski definition) is 6. The fraction of sp³-hybridized carbons (Fsp3) is 0.0769. The summed E-state index contributed by atoms with van der Waals surface area (Å²) in [5.74, 6) is 7.80. The number of benzene rings is 7. The molecule has 2 N–H and O–H groups in total. The Balaban J connectivity index is 0.994. The van der Waals surface area contributed by atoms with E-state index in [1.54, 1.807) is 11.3 Å². The molecular weight excluding hydrogens is 1230 g/mol. The summed E-state index contributed by atoms with van der Waals surface area (Å²) < 4.78 is 9.17. The Bertz CT molecular complexity index is 6000. The van der Waals surface area contributed by atoms with Crippen LogP contribution >= 0.6 is 11.3 Å². The van der Waals surface area contributed by atoms with Crippen molar-refractivity contribution in [2.75, 3.05) is 0 Å². The quantitative estimate of drug-likeness (QED) is 0.155. The van der Waals surface area contributed by atoms with Crippen molar-refractivity contribution in [3.63, 3.8) is 0 Å². The number of nitrogens with zero attached hydrogens (tertiary/aromatic N) is 4. The molecule has 0 spiro atoms. The van der Waals surface area contributed by atoms with Crippen LogP contribution in [0, 0.1) is 60.3 Å². The van der Waals surface area contributed by atoms with Crippen molar-refractivity contribution in [3.05, 3.63) is 308 Å². The molecule has 472 valence electrons. The minimum Gasteiger partial charge on any atom is -0.456 e. The third-order valence-corrected chi connectivity index (χ3v) is 20.2. The van der Waals surface area contributed by atoms with Crippen LogP contribution in [0.15, 0.2) is 223 Å². The average molecular weight is 1290 g/mol. The summed E-state index contributed by atoms with van der Waals surface area (Å²) >= 11 is 1.70. The van der Waals surface area contributed by atoms with Gasteiger partial charge in [-0.25, -0.2) is 19.9 Å². The van der Waals surface area contributed by atoms with Crippen molar-refractivity contribution in [2.45, 2.75) is 48.5 Å². The van der Waals surface area contributed by atoms with Crippen molar-refractivity contribution in [2.24, 2.45) is 0 Å². The summed E-state index contributed by atoms with van der Waals surface area (Å²) in [7, 11) is 0. The molecule has 99 heavy (non-hydrogen) atoms. The Kier molecular flexibility index (Phi) is 15.1. The van der Waals surface area contributed by atoms with Crippen LogP contribution in [0.2, 0.25) is 0 Å². The Morgan fingerprint density at radius 1 is 0.273 bits per heavy atom. The molecule has 6 aromatic heterocycles. The predicted octanol–water partition coefficient (Wildman–Crippen LogP) is 23.9. The van der Waals surface area contributed by atoms with E-state index in [0.717, 1.165) is 183 Å². The van der Waals surface area contributed by atoms with E-state index >= 15 is 0 Å². The Morgan fingerprint density at radius 2 is 0.576 bits per heavy atom. The molecule has 4 aliphatic rings. The van der Waals surface area contributed by atoms with Gasteiger partial charge < -0.3 is 14.4 Å². The van der Waals surface area contributed by atoms with Crippen molar-refractivity contribution in [1.82, 2.24) is 29.9 Å². The van der Waals surface area contributed by atoms with Gasteiger partial charge in [0.15, 0.2) is 0 Å². The van der Waals surface area contributed by atoms with Gasteiger partial charge in [-0.15, -0.1) is 11.3 Å². The highest BCUT2D eigenvalue weighted by Gasteiger charge is 2.25. The minimum absolute atomic E-state index is 0.687. The molecule has 17 rings (SSSR count). The number of fused-ring (bicyclic) bond motifs is 16. The molecular formula is C91H66N6OS. The summed E-state index contributed by atoms with van der Waals surface area (Å²) in [5.41, 5.74) is 34.8. The van der Waals surface area contributed by atoms with Gasteiger partial charge in [-0.05, 0) is 178 Å². The lowest BCUT2D eigenvalue weighted by atomic mass is 9.98. The lowest BCUT2D eigenvalue weighted by Gasteiger charge is -2.08. The highest BCUT2D eigenvalue weighted by molar-refractivity contribution is 7.24. The van der Waals surface area contributed by atoms with Crippen LogP contribution in [-0.2, 0) is 0 Å². The first-order valence-corrected chi connectivity index (χ1v) is 34.4. The van der Waals surface area contributed by atoms with Gasteiger partial charge in [0, 0.05) is 59.3 Å². The lowest BCUT2D eigenvalue weighted by Crippen LogP contribution is -1.91. The first-order chi connectivity index (χ1) is 48.4. The molecule has 0 saturated carbocycles. The van der Waals surface area contributed by atoms with Gasteiger partial charge in [0.05, 0.1) is 67.8 Å². The van der Waals surface area contributed by atoms with E-state index in [1.165, 1.54) is 22.3 Å². The third-order valence-electron chi connectivity index (χ3n) is 19.1. The molecule has 0 aliphatic carbocycles. The molecule has 16 bridgehead atoms. The summed E-state index contributed by atoms with van der Waals surface area (Å²) in [6, 6.07) is 78.3. The number of H-pyrrole nitrogens is 2. The fourth-order valence-corrected chi connectivity index (χ4v) is 14.8. The average Bonchev–Trinajstić information content (AvgIpc) is 1.62. The summed E-state index contributed by atoms with van der Waals surface area (Å²) in [5, 5.41) is 0. The van der Waals surface area contributed by atoms with Crippen LogP contribution in [0.3, 0.4) is 0 Å². The second-order valence-electron chi connectivity index (χ2n) is 26.3. The molecule has 10 heterocycles. The Hall–Kier alpha value is -12.3. The van der Waals surface area contributed by atoms with E-state index in [1.807, 2.05) is 0 Å². The monoisotopic (exact) mass is 1290 g/mol. The number of rotatable bonds is 7. The number of aryl methyl sites for hydroxylation is 7. The number of furan rings is 1. The van der Waals surface area contributed by atoms with Gasteiger partial charge in [-0.3, -0.25) is 0 Å². The fourth-order valence-electron chi connectivity index (χ4n) is 13.8. The molecule has 0 fully saturated rings. The maximum Gasteiger partial charge on any atom is 0.137 e. The molecule has 0 saturated heterocycles. The van der Waals surface area contributed by atoms with Crippen LogP contribution in [0.4, 0.5) is 0 Å². The van der Waals surface area contributed by atoms with E-state index in [2.05, 4.69) is 331 Å². The van der Waals surface area contributed by atoms with Crippen molar-refractivity contribution < 1.29 is 4.42 Å². The number of aromatic amines is 2. The van der Waals surface area contributed by atoms with Crippen LogP contribution < -0.4 is 0 Å². The van der Waals surface area contributed by atoms with Crippen molar-refractivity contribution in [3.8, 4) is 89.7 Å². The Morgan fingerprint density at radius 3 is 0.980 bits per heavy atom. The van der Waals surface area contributed by atoms with Gasteiger partial charge >= 0.3 is 0 Å². The van der Waals surface area contributed by atoms with Crippen molar-refractivity contribution in [1.29, 1.82) is 0 Å². The van der Waals surface area contributed by atoms with Crippen LogP contribution in [0.25, 0.3) is 169 Å². The number of nitrogens with one attached hydrogen (secondary N) is 2. The first kappa shape index (κ1) is 60.4. The topological polar surface area (TPSA) is 96.3 Å². The normalized spacial score (nSPS) is 12.3. The smallest absolute Gasteiger partial charge is 0.137 e. The summed E-state index contributed by atoms with van der Waals surface area (Å²) in [6.45, 7) is 14.9. The zero-order valence-corrected chi connectivity index (χ0v) is 56.7. The molecule has 4 aliphatic heterocycles. The maximum absolute atomic E-state index is 7.18. The molecule has 0 radical (unpaired) electrons. The van der Waals surface area contributed by atoms with Crippen LogP contribution in [0.1, 0.15) is 90.1 Å². The highest BCUT2D eigenvalue weighted by Crippen LogP contribution is 2.44. The molecule has 0 unspecified atom stereocenters. The van der Waals surface area contributed by atoms with Gasteiger partial charge in [0.1, 0.15) is 11.2 Å². The van der Waals surface area contributed by atoms with Gasteiger partial charge in [-0.2, -0.15) is 0 Å². The molecule has 0 atom stereocenters. The zero-order chi connectivity index (χ0) is 67.0. The molecule has 8 heteroatoms. The van der Waals surface area contributed by atoms with Gasteiger partial charge in [0.25, 0.3) is 0 Å². The predicted molar refractivity (Wildman–Crippen MR) is 416 cm³/mol. The first-order valence-electron chi connectivity index (χ1n) is 33.6. The minimum atomic E-state index is 0.687. The van der Waals surface area contributed by atoms with E-state index in [0.29, 0.717) is 11.2 Å². The third kappa shape index (κ3) is 11.4. The lowest BCUT2D eigenvalue weighted by molar-refractivity contribution is 0.667. The van der Waals surface area contributed by atoms with Crippen LogP contribution in [-0.4, -0.2) is 29.9 Å². The Labute approximate surface area is 579 Å². The standard InChI is InChI=1S/C91H66N6OS/c1-53-8-22-60(23-9-53)84-70-40-41-71(93-70)85(61-24-10-54(2)11-25-61)73-44-47-78(95-73)90(66-34-20-59(7)21-35-66)91-67(52-79(97-91)86(74-43-42-72(84)94-74)62-26-12-55(3)13-27-62)36-37-68-69-38-39-75(92-69)87(63-28-14-56(4)15-29-63)80-48-49-81(98-80)88(64-30-16-57(5)17-31-64)76-45-46-77(96-76)89(83-51-50-82(68)99-83)65-32-18-58(6)19-33-65/h8-35,38-52,94-95H,1-7H3. The number of thiophene rings is 1. The summed E-state index contributed by atoms with van der Waals surface area (Å²) in [6.07, 6.45) is 15.0. The largest absolute Gasteiger partial charge is 0.456 e. The van der Waals surface area contributed by atoms with E-state index in [9.17, 15) is 0 Å². The molecule has 13 aromatic rings. The van der Waals surface area contributed by atoms with E-state index in [-0.39, 0.29) is 0 Å². The summed E-state index contributed by atoms with van der Waals surface area (Å²) in [4.78, 5) is 30.7. The van der Waals surface area contributed by atoms with E-state index < -0.39 is 0 Å². The van der Waals surface area contributed by atoms with Crippen molar-refractivity contribution >= 4 is 102 Å². The second-order valence-corrected chi connectivity index (χ2v) is 27.3.